The van der Waals surface area contributed by atoms with Gasteiger partial charge in [-0.2, -0.15) is 0 Å². The smallest absolute Gasteiger partial charge is 0.124 e. The molecule has 2 aromatic carbocycles. The predicted molar refractivity (Wildman–Crippen MR) is 84.6 cm³/mol. The van der Waals surface area contributed by atoms with Crippen molar-refractivity contribution in [3.63, 3.8) is 0 Å². The Morgan fingerprint density at radius 2 is 1.90 bits per heavy atom. The average Bonchev–Trinajstić information content (AvgIpc) is 2.48. The normalized spacial score (nSPS) is 13.9. The van der Waals surface area contributed by atoms with Crippen LogP contribution in [0.4, 0.5) is 4.39 Å². The highest BCUT2D eigenvalue weighted by Crippen LogP contribution is 2.26. The van der Waals surface area contributed by atoms with Gasteiger partial charge in [0.05, 0.1) is 6.10 Å². The summed E-state index contributed by atoms with van der Waals surface area (Å²) < 4.78 is 19.5. The van der Waals surface area contributed by atoms with E-state index in [0.29, 0.717) is 17.5 Å². The summed E-state index contributed by atoms with van der Waals surface area (Å²) in [7, 11) is 0. The monoisotopic (exact) mass is 352 g/mol. The second kappa shape index (κ2) is 7.69. The summed E-state index contributed by atoms with van der Waals surface area (Å²) in [6.45, 7) is 2.41. The van der Waals surface area contributed by atoms with Gasteiger partial charge in [0, 0.05) is 17.5 Å². The molecule has 2 nitrogen and oxygen atoms in total. The van der Waals surface area contributed by atoms with Crippen molar-refractivity contribution in [3.8, 4) is 0 Å². The molecular formula is C17H18BrFO2. The quantitative estimate of drug-likeness (QED) is 0.841. The zero-order valence-electron chi connectivity index (χ0n) is 11.8. The molecule has 0 aliphatic heterocycles. The van der Waals surface area contributed by atoms with Gasteiger partial charge in [-0.1, -0.05) is 52.3 Å². The second-order valence-corrected chi connectivity index (χ2v) is 5.65. The fourth-order valence-electron chi connectivity index (χ4n) is 2.27. The molecule has 21 heavy (non-hydrogen) atoms. The number of hydrogen-bond acceptors (Lipinski definition) is 2. The minimum Gasteiger partial charge on any atom is -0.390 e. The average molecular weight is 353 g/mol. The summed E-state index contributed by atoms with van der Waals surface area (Å²) in [4.78, 5) is 0. The topological polar surface area (TPSA) is 29.5 Å². The van der Waals surface area contributed by atoms with Crippen LogP contribution < -0.4 is 0 Å². The number of ether oxygens (including phenoxy) is 1. The molecule has 0 aliphatic carbocycles. The van der Waals surface area contributed by atoms with Gasteiger partial charge in [-0.3, -0.25) is 0 Å². The Balaban J connectivity index is 2.17. The van der Waals surface area contributed by atoms with Crippen LogP contribution in [-0.2, 0) is 11.2 Å². The van der Waals surface area contributed by atoms with E-state index in [1.165, 1.54) is 12.1 Å². The van der Waals surface area contributed by atoms with E-state index in [2.05, 4.69) is 15.9 Å². The standard InChI is InChI=1S/C17H18BrFO2/c1-2-21-17(12-6-4-3-5-7-12)16(20)10-13-8-9-14(19)11-15(13)18/h3-9,11,16-17,20H,2,10H2,1H3. The lowest BCUT2D eigenvalue weighted by Gasteiger charge is -2.23. The molecule has 0 aromatic heterocycles. The van der Waals surface area contributed by atoms with Gasteiger partial charge in [0.1, 0.15) is 11.9 Å². The SMILES string of the molecule is CCOC(c1ccccc1)C(O)Cc1ccc(F)cc1Br. The van der Waals surface area contributed by atoms with Gasteiger partial charge >= 0.3 is 0 Å². The Morgan fingerprint density at radius 1 is 1.19 bits per heavy atom. The molecule has 0 radical (unpaired) electrons. The molecule has 1 N–H and O–H groups in total. The third kappa shape index (κ3) is 4.37. The van der Waals surface area contributed by atoms with Crippen molar-refractivity contribution in [1.82, 2.24) is 0 Å². The molecule has 2 aromatic rings. The molecule has 0 aliphatic rings. The van der Waals surface area contributed by atoms with Crippen molar-refractivity contribution in [2.24, 2.45) is 0 Å². The van der Waals surface area contributed by atoms with Gasteiger partial charge in [-0.15, -0.1) is 0 Å². The van der Waals surface area contributed by atoms with Crippen LogP contribution in [0.25, 0.3) is 0 Å². The first kappa shape index (κ1) is 16.1. The second-order valence-electron chi connectivity index (χ2n) is 4.79. The maximum Gasteiger partial charge on any atom is 0.124 e. The lowest BCUT2D eigenvalue weighted by Crippen LogP contribution is -2.24. The molecule has 4 heteroatoms. The van der Waals surface area contributed by atoms with Crippen LogP contribution in [0.1, 0.15) is 24.2 Å². The molecule has 0 bridgehead atoms. The Bertz CT molecular complexity index is 574. The van der Waals surface area contributed by atoms with Crippen molar-refractivity contribution in [3.05, 3.63) is 69.9 Å². The molecule has 2 atom stereocenters. The minimum absolute atomic E-state index is 0.301. The molecule has 0 heterocycles. The van der Waals surface area contributed by atoms with Crippen LogP contribution in [0.15, 0.2) is 53.0 Å². The molecule has 2 rings (SSSR count). The highest BCUT2D eigenvalue weighted by Gasteiger charge is 2.22. The number of benzene rings is 2. The number of aliphatic hydroxyl groups is 1. The van der Waals surface area contributed by atoms with E-state index in [1.807, 2.05) is 37.3 Å². The predicted octanol–water partition coefficient (Wildman–Crippen LogP) is 4.27. The highest BCUT2D eigenvalue weighted by atomic mass is 79.9. The lowest BCUT2D eigenvalue weighted by molar-refractivity contribution is -0.0340. The third-order valence-electron chi connectivity index (χ3n) is 3.27. The first-order chi connectivity index (χ1) is 10.1. The van der Waals surface area contributed by atoms with Gasteiger partial charge in [-0.05, 0) is 30.2 Å². The van der Waals surface area contributed by atoms with E-state index in [0.717, 1.165) is 11.1 Å². The minimum atomic E-state index is -0.700. The molecule has 0 fully saturated rings. The Kier molecular flexibility index (Phi) is 5.91. The summed E-state index contributed by atoms with van der Waals surface area (Å²) in [6.07, 6.45) is -0.706. The molecular weight excluding hydrogens is 335 g/mol. The summed E-state index contributed by atoms with van der Waals surface area (Å²) in [6, 6.07) is 14.1. The van der Waals surface area contributed by atoms with Gasteiger partial charge < -0.3 is 9.84 Å². The van der Waals surface area contributed by atoms with Gasteiger partial charge in [0.2, 0.25) is 0 Å². The maximum absolute atomic E-state index is 13.1. The van der Waals surface area contributed by atoms with E-state index in [4.69, 9.17) is 4.74 Å². The summed E-state index contributed by atoms with van der Waals surface area (Å²) in [5, 5.41) is 10.5. The first-order valence-electron chi connectivity index (χ1n) is 6.90. The molecule has 0 saturated carbocycles. The van der Waals surface area contributed by atoms with Crippen LogP contribution in [0.3, 0.4) is 0 Å². The van der Waals surface area contributed by atoms with E-state index in [9.17, 15) is 9.50 Å². The van der Waals surface area contributed by atoms with Crippen molar-refractivity contribution >= 4 is 15.9 Å². The fraction of sp³-hybridized carbons (Fsp3) is 0.294. The Hall–Kier alpha value is -1.23. The highest BCUT2D eigenvalue weighted by molar-refractivity contribution is 9.10. The fourth-order valence-corrected chi connectivity index (χ4v) is 2.78. The molecule has 2 unspecified atom stereocenters. The number of halogens is 2. The summed E-state index contributed by atoms with van der Waals surface area (Å²) in [5.41, 5.74) is 1.79. The molecule has 0 saturated heterocycles. The molecule has 0 amide bonds. The van der Waals surface area contributed by atoms with Crippen molar-refractivity contribution in [2.75, 3.05) is 6.61 Å². The lowest BCUT2D eigenvalue weighted by atomic mass is 9.98. The van der Waals surface area contributed by atoms with Gasteiger partial charge in [0.25, 0.3) is 0 Å². The maximum atomic E-state index is 13.1. The van der Waals surface area contributed by atoms with E-state index >= 15 is 0 Å². The summed E-state index contributed by atoms with van der Waals surface area (Å²) in [5.74, 6) is -0.301. The zero-order chi connectivity index (χ0) is 15.2. The van der Waals surface area contributed by atoms with Crippen LogP contribution in [0, 0.1) is 5.82 Å². The van der Waals surface area contributed by atoms with Crippen molar-refractivity contribution in [1.29, 1.82) is 0 Å². The van der Waals surface area contributed by atoms with E-state index in [-0.39, 0.29) is 5.82 Å². The zero-order valence-corrected chi connectivity index (χ0v) is 13.4. The number of hydrogen-bond donors (Lipinski definition) is 1. The van der Waals surface area contributed by atoms with Crippen molar-refractivity contribution in [2.45, 2.75) is 25.6 Å². The number of aliphatic hydroxyl groups excluding tert-OH is 1. The molecule has 112 valence electrons. The van der Waals surface area contributed by atoms with Crippen molar-refractivity contribution < 1.29 is 14.2 Å². The van der Waals surface area contributed by atoms with E-state index < -0.39 is 12.2 Å². The van der Waals surface area contributed by atoms with Gasteiger partial charge in [0.15, 0.2) is 0 Å². The first-order valence-corrected chi connectivity index (χ1v) is 7.69. The van der Waals surface area contributed by atoms with Crippen LogP contribution in [0.5, 0.6) is 0 Å². The number of rotatable bonds is 6. The van der Waals surface area contributed by atoms with Gasteiger partial charge in [-0.25, -0.2) is 4.39 Å². The van der Waals surface area contributed by atoms with E-state index in [1.54, 1.807) is 6.07 Å². The van der Waals surface area contributed by atoms with Crippen LogP contribution in [0.2, 0.25) is 0 Å². The Labute approximate surface area is 132 Å². The Morgan fingerprint density at radius 3 is 2.52 bits per heavy atom. The van der Waals surface area contributed by atoms with Crippen LogP contribution in [-0.4, -0.2) is 17.8 Å². The third-order valence-corrected chi connectivity index (χ3v) is 4.01. The molecule has 0 spiro atoms. The summed E-state index contributed by atoms with van der Waals surface area (Å²) >= 11 is 3.33. The largest absolute Gasteiger partial charge is 0.390 e. The van der Waals surface area contributed by atoms with Crippen LogP contribution >= 0.6 is 15.9 Å².